The summed E-state index contributed by atoms with van der Waals surface area (Å²) in [6.45, 7) is 0. The molecule has 7 heteroatoms. The van der Waals surface area contributed by atoms with Crippen LogP contribution in [-0.4, -0.2) is 10.2 Å². The van der Waals surface area contributed by atoms with Gasteiger partial charge < -0.3 is 4.74 Å². The van der Waals surface area contributed by atoms with E-state index in [1.54, 1.807) is 6.07 Å². The summed E-state index contributed by atoms with van der Waals surface area (Å²) in [5.41, 5.74) is 0.703. The van der Waals surface area contributed by atoms with Gasteiger partial charge in [-0.3, -0.25) is 0 Å². The fourth-order valence-corrected chi connectivity index (χ4v) is 3.45. The number of ether oxygens (including phenoxy) is 1. The van der Waals surface area contributed by atoms with Gasteiger partial charge in [0.2, 0.25) is 5.88 Å². The van der Waals surface area contributed by atoms with Crippen molar-refractivity contribution in [3.63, 3.8) is 0 Å². The van der Waals surface area contributed by atoms with Crippen LogP contribution >= 0.6 is 0 Å². The van der Waals surface area contributed by atoms with E-state index >= 15 is 0 Å². The molecule has 0 aliphatic heterocycles. The molecule has 0 fully saturated rings. The maximum Gasteiger partial charge on any atom is 0.416 e. The molecule has 1 radical (unpaired) electrons. The van der Waals surface area contributed by atoms with Crippen molar-refractivity contribution >= 4 is 21.5 Å². The van der Waals surface area contributed by atoms with E-state index in [2.05, 4.69) is 16.3 Å². The minimum absolute atomic E-state index is 0. The summed E-state index contributed by atoms with van der Waals surface area (Å²) in [4.78, 5) is 0. The van der Waals surface area contributed by atoms with Crippen molar-refractivity contribution in [3.8, 4) is 22.9 Å². The Labute approximate surface area is 195 Å². The molecule has 0 saturated carbocycles. The van der Waals surface area contributed by atoms with Gasteiger partial charge in [-0.2, -0.15) is 18.3 Å². The van der Waals surface area contributed by atoms with Crippen molar-refractivity contribution in [2.24, 2.45) is 0 Å². The molecule has 0 saturated heterocycles. The summed E-state index contributed by atoms with van der Waals surface area (Å²) in [5, 5.41) is 12.1. The first-order chi connectivity index (χ1) is 15.0. The van der Waals surface area contributed by atoms with E-state index in [0.717, 1.165) is 33.9 Å². The molecule has 0 spiro atoms. The summed E-state index contributed by atoms with van der Waals surface area (Å²) >= 11 is 0. The molecule has 0 aliphatic carbocycles. The molecule has 0 N–H and O–H groups in total. The Hall–Kier alpha value is -3.28. The zero-order valence-electron chi connectivity index (χ0n) is 16.4. The third-order valence-corrected chi connectivity index (χ3v) is 4.97. The molecular formula is C25H14F3IrN2O-. The Morgan fingerprint density at radius 3 is 2.03 bits per heavy atom. The molecule has 0 atom stereocenters. The van der Waals surface area contributed by atoms with Crippen LogP contribution in [0, 0.1) is 6.07 Å². The Morgan fingerprint density at radius 1 is 0.750 bits per heavy atom. The van der Waals surface area contributed by atoms with Crippen molar-refractivity contribution in [1.29, 1.82) is 0 Å². The maximum atomic E-state index is 12.8. The monoisotopic (exact) mass is 608 g/mol. The van der Waals surface area contributed by atoms with E-state index in [4.69, 9.17) is 4.74 Å². The van der Waals surface area contributed by atoms with Crippen LogP contribution in [0.2, 0.25) is 0 Å². The van der Waals surface area contributed by atoms with E-state index in [0.29, 0.717) is 11.1 Å². The fraction of sp³-hybridized carbons (Fsp3) is 0.0400. The normalized spacial score (nSPS) is 11.3. The standard InChI is InChI=1S/C25H14F3N2O.Ir/c26-25(27,28)19-10-12-20(13-11-19)31-24-22-15-18-9-5-4-8-17(18)14-21(22)23(29-30-24)16-6-2-1-3-7-16;/h1-6,8-15H;/q-1;. The van der Waals surface area contributed by atoms with Crippen LogP contribution in [0.25, 0.3) is 32.8 Å². The van der Waals surface area contributed by atoms with E-state index in [-0.39, 0.29) is 31.7 Å². The number of aromatic nitrogens is 2. The molecule has 1 heterocycles. The van der Waals surface area contributed by atoms with Crippen molar-refractivity contribution in [2.45, 2.75) is 6.18 Å². The maximum absolute atomic E-state index is 12.8. The van der Waals surface area contributed by atoms with Crippen LogP contribution in [0.3, 0.4) is 0 Å². The Morgan fingerprint density at radius 2 is 1.41 bits per heavy atom. The molecule has 5 rings (SSSR count). The van der Waals surface area contributed by atoms with Crippen molar-refractivity contribution in [3.05, 3.63) is 96.6 Å². The second-order valence-electron chi connectivity index (χ2n) is 7.00. The summed E-state index contributed by atoms with van der Waals surface area (Å²) < 4.78 is 44.4. The first kappa shape index (κ1) is 21.9. The molecule has 0 bridgehead atoms. The van der Waals surface area contributed by atoms with Gasteiger partial charge in [0, 0.05) is 31.2 Å². The third-order valence-electron chi connectivity index (χ3n) is 4.97. The Balaban J connectivity index is 0.00000245. The molecule has 5 aromatic rings. The number of benzene rings is 4. The fourth-order valence-electron chi connectivity index (χ4n) is 3.45. The van der Waals surface area contributed by atoms with E-state index in [1.165, 1.54) is 12.1 Å². The van der Waals surface area contributed by atoms with Crippen molar-refractivity contribution in [2.75, 3.05) is 0 Å². The van der Waals surface area contributed by atoms with E-state index in [1.807, 2.05) is 54.6 Å². The number of hydrogen-bond donors (Lipinski definition) is 0. The predicted octanol–water partition coefficient (Wildman–Crippen LogP) is 7.06. The summed E-state index contributed by atoms with van der Waals surface area (Å²) in [5.74, 6) is 0.468. The smallest absolute Gasteiger partial charge is 0.416 e. The number of rotatable bonds is 3. The van der Waals surface area contributed by atoms with Crippen LogP contribution in [0.1, 0.15) is 5.56 Å². The second-order valence-corrected chi connectivity index (χ2v) is 7.00. The average Bonchev–Trinajstić information content (AvgIpc) is 2.78. The molecule has 3 nitrogen and oxygen atoms in total. The van der Waals surface area contributed by atoms with Gasteiger partial charge >= 0.3 is 6.18 Å². The minimum Gasteiger partial charge on any atom is -0.437 e. The number of fused-ring (bicyclic) bond motifs is 2. The zero-order chi connectivity index (χ0) is 21.4. The molecule has 1 aromatic heterocycles. The summed E-state index contributed by atoms with van der Waals surface area (Å²) in [7, 11) is 0. The molecule has 0 amide bonds. The Kier molecular flexibility index (Phi) is 5.96. The SMILES string of the molecule is FC(F)(F)c1ccc(Oc2nnc(-c3[c-]cccc3)c3cc4ccccc4cc23)cc1.[Ir]. The first-order valence-corrected chi connectivity index (χ1v) is 9.50. The van der Waals surface area contributed by atoms with Gasteiger partial charge in [0.25, 0.3) is 0 Å². The van der Waals surface area contributed by atoms with Crippen LogP contribution in [-0.2, 0) is 26.3 Å². The number of halogens is 3. The summed E-state index contributed by atoms with van der Waals surface area (Å²) in [6.07, 6.45) is -4.40. The second kappa shape index (κ2) is 8.69. The van der Waals surface area contributed by atoms with E-state index in [9.17, 15) is 13.2 Å². The van der Waals surface area contributed by atoms with Gasteiger partial charge in [-0.25, -0.2) is 0 Å². The van der Waals surface area contributed by atoms with Crippen LogP contribution in [0.4, 0.5) is 13.2 Å². The van der Waals surface area contributed by atoms with Crippen molar-refractivity contribution < 1.29 is 38.0 Å². The molecule has 32 heavy (non-hydrogen) atoms. The van der Waals surface area contributed by atoms with Gasteiger partial charge in [-0.15, -0.1) is 41.0 Å². The van der Waals surface area contributed by atoms with E-state index < -0.39 is 11.7 Å². The van der Waals surface area contributed by atoms with Gasteiger partial charge in [-0.05, 0) is 46.5 Å². The van der Waals surface area contributed by atoms with Crippen LogP contribution < -0.4 is 4.74 Å². The zero-order valence-corrected chi connectivity index (χ0v) is 18.7. The van der Waals surface area contributed by atoms with Crippen molar-refractivity contribution in [1.82, 2.24) is 10.2 Å². The third kappa shape index (κ3) is 4.22. The first-order valence-electron chi connectivity index (χ1n) is 9.50. The topological polar surface area (TPSA) is 35.0 Å². The Bertz CT molecular complexity index is 1390. The van der Waals surface area contributed by atoms with Crippen LogP contribution in [0.5, 0.6) is 11.6 Å². The average molecular weight is 608 g/mol. The number of hydrogen-bond acceptors (Lipinski definition) is 3. The van der Waals surface area contributed by atoms with Gasteiger partial charge in [-0.1, -0.05) is 30.3 Å². The quantitative estimate of drug-likeness (QED) is 0.163. The minimum atomic E-state index is -4.40. The molecular weight excluding hydrogens is 593 g/mol. The summed E-state index contributed by atoms with van der Waals surface area (Å²) in [6, 6.07) is 27.0. The number of alkyl halides is 3. The largest absolute Gasteiger partial charge is 0.437 e. The number of nitrogens with zero attached hydrogens (tertiary/aromatic N) is 2. The van der Waals surface area contributed by atoms with Gasteiger partial charge in [0.15, 0.2) is 0 Å². The predicted molar refractivity (Wildman–Crippen MR) is 113 cm³/mol. The molecule has 161 valence electrons. The van der Waals surface area contributed by atoms with Gasteiger partial charge in [0.1, 0.15) is 5.75 Å². The molecule has 4 aromatic carbocycles. The molecule has 0 aliphatic rings. The molecule has 0 unspecified atom stereocenters. The van der Waals surface area contributed by atoms with Gasteiger partial charge in [0.05, 0.1) is 5.56 Å². The van der Waals surface area contributed by atoms with Crippen LogP contribution in [0.15, 0.2) is 84.9 Å².